The number of carbonyl (C=O) groups excluding carboxylic acids is 4. The molecule has 0 rings (SSSR count). The van der Waals surface area contributed by atoms with Crippen molar-refractivity contribution in [1.82, 2.24) is 5.32 Å². The average molecular weight is 291 g/mol. The first kappa shape index (κ1) is 23.0. The highest BCUT2D eigenvalue weighted by Gasteiger charge is 2.16. The molecule has 0 saturated carbocycles. The molecule has 5 nitrogen and oxygen atoms in total. The van der Waals surface area contributed by atoms with Crippen LogP contribution in [0.15, 0.2) is 0 Å². The molecule has 1 N–H and O–H groups in total. The van der Waals surface area contributed by atoms with Gasteiger partial charge in [0.15, 0.2) is 5.78 Å². The summed E-state index contributed by atoms with van der Waals surface area (Å²) in [6.07, 6.45) is 0.250. The number of rotatable bonds is 6. The Bertz CT molecular complexity index is 297. The number of Topliss-reactive ketones (excluding diaryl/α,β-unsaturated/α-hetero) is 1. The normalized spacial score (nSPS) is 10.7. The van der Waals surface area contributed by atoms with E-state index in [-0.39, 0.29) is 43.0 Å². The van der Waals surface area contributed by atoms with Gasteiger partial charge >= 0.3 is 6.15 Å². The molecule has 1 unspecified atom stereocenters. The van der Waals surface area contributed by atoms with Crippen LogP contribution in [-0.2, 0) is 19.2 Å². The summed E-state index contributed by atoms with van der Waals surface area (Å²) in [6, 6.07) is 0. The van der Waals surface area contributed by atoms with Gasteiger partial charge in [-0.15, -0.1) is 11.8 Å². The van der Waals surface area contributed by atoms with Gasteiger partial charge in [-0.2, -0.15) is 9.59 Å². The Hall–Kier alpha value is -1.13. The van der Waals surface area contributed by atoms with E-state index >= 15 is 0 Å². The SMILES string of the molecule is C.CC(C)SC(C)C(=O)NCC(=O)C(C)C.O=C=O. The van der Waals surface area contributed by atoms with Gasteiger partial charge in [0.2, 0.25) is 5.91 Å². The largest absolute Gasteiger partial charge is 0.373 e. The Kier molecular flexibility index (Phi) is 16.1. The molecule has 112 valence electrons. The topological polar surface area (TPSA) is 80.3 Å². The van der Waals surface area contributed by atoms with Crippen molar-refractivity contribution in [1.29, 1.82) is 0 Å². The van der Waals surface area contributed by atoms with E-state index in [0.29, 0.717) is 5.25 Å². The Morgan fingerprint density at radius 3 is 1.84 bits per heavy atom. The molecule has 0 aromatic heterocycles. The van der Waals surface area contributed by atoms with E-state index in [9.17, 15) is 9.59 Å². The van der Waals surface area contributed by atoms with Gasteiger partial charge in [-0.05, 0) is 12.2 Å². The van der Waals surface area contributed by atoms with Crippen molar-refractivity contribution in [3.8, 4) is 0 Å². The fourth-order valence-corrected chi connectivity index (χ4v) is 2.02. The second-order valence-corrected chi connectivity index (χ2v) is 6.17. The minimum Gasteiger partial charge on any atom is -0.348 e. The third-order valence-corrected chi connectivity index (χ3v) is 3.09. The molecule has 0 spiro atoms. The molecule has 0 aliphatic heterocycles. The predicted molar refractivity (Wildman–Crippen MR) is 76.8 cm³/mol. The van der Waals surface area contributed by atoms with Crippen LogP contribution in [0.3, 0.4) is 0 Å². The van der Waals surface area contributed by atoms with Gasteiger partial charge in [-0.1, -0.05) is 35.1 Å². The van der Waals surface area contributed by atoms with Gasteiger partial charge in [-0.25, -0.2) is 0 Å². The fraction of sp³-hybridized carbons (Fsp3) is 0.769. The van der Waals surface area contributed by atoms with Crippen LogP contribution in [0.5, 0.6) is 0 Å². The van der Waals surface area contributed by atoms with Crippen LogP contribution >= 0.6 is 11.8 Å². The molecule has 0 saturated heterocycles. The molecule has 1 atom stereocenters. The van der Waals surface area contributed by atoms with Crippen LogP contribution in [0.1, 0.15) is 42.0 Å². The maximum absolute atomic E-state index is 11.5. The number of nitrogens with one attached hydrogen (secondary N) is 1. The number of amides is 1. The third-order valence-electron chi connectivity index (χ3n) is 1.93. The molecule has 0 fully saturated rings. The predicted octanol–water partition coefficient (Wildman–Crippen LogP) is 1.91. The summed E-state index contributed by atoms with van der Waals surface area (Å²) in [6.45, 7) is 9.78. The van der Waals surface area contributed by atoms with Crippen LogP contribution in [0.25, 0.3) is 0 Å². The highest BCUT2D eigenvalue weighted by Crippen LogP contribution is 2.16. The van der Waals surface area contributed by atoms with Gasteiger partial charge in [0, 0.05) is 5.92 Å². The first-order valence-electron chi connectivity index (χ1n) is 5.71. The molecular weight excluding hydrogens is 266 g/mol. The van der Waals surface area contributed by atoms with Crippen molar-refractivity contribution in [3.05, 3.63) is 0 Å². The van der Waals surface area contributed by atoms with Gasteiger partial charge in [0.05, 0.1) is 11.8 Å². The standard InChI is InChI=1S/C11H21NO2S.CO2.CH4/c1-7(2)10(13)6-12-11(14)9(5)15-8(3)4;2-1-3;/h7-9H,6H2,1-5H3,(H,12,14);;1H4. The quantitative estimate of drug-likeness (QED) is 0.808. The van der Waals surface area contributed by atoms with Gasteiger partial charge in [-0.3, -0.25) is 9.59 Å². The number of thioether (sulfide) groups is 1. The summed E-state index contributed by atoms with van der Waals surface area (Å²) in [5.41, 5.74) is 0. The molecule has 0 aliphatic carbocycles. The monoisotopic (exact) mass is 291 g/mol. The maximum atomic E-state index is 11.5. The lowest BCUT2D eigenvalue weighted by Crippen LogP contribution is -2.36. The Balaban J connectivity index is -0.000000580. The molecule has 1 amide bonds. The van der Waals surface area contributed by atoms with Crippen molar-refractivity contribution in [2.24, 2.45) is 5.92 Å². The summed E-state index contributed by atoms with van der Waals surface area (Å²) in [5, 5.41) is 2.99. The first-order valence-corrected chi connectivity index (χ1v) is 6.65. The van der Waals surface area contributed by atoms with E-state index in [1.807, 2.05) is 34.6 Å². The zero-order valence-corrected chi connectivity index (χ0v) is 12.3. The summed E-state index contributed by atoms with van der Waals surface area (Å²) in [7, 11) is 0. The number of ketones is 1. The van der Waals surface area contributed by atoms with Crippen LogP contribution in [0.2, 0.25) is 0 Å². The molecule has 0 aliphatic rings. The minimum absolute atomic E-state index is 0. The first-order chi connectivity index (χ1) is 8.26. The molecular formula is C13H25NO4S. The van der Waals surface area contributed by atoms with E-state index in [4.69, 9.17) is 9.59 Å². The number of carbonyl (C=O) groups is 2. The number of hydrogen-bond acceptors (Lipinski definition) is 5. The average Bonchev–Trinajstić information content (AvgIpc) is 2.25. The number of hydrogen-bond donors (Lipinski definition) is 1. The highest BCUT2D eigenvalue weighted by atomic mass is 32.2. The second-order valence-electron chi connectivity index (χ2n) is 4.25. The summed E-state index contributed by atoms with van der Waals surface area (Å²) >= 11 is 1.60. The lowest BCUT2D eigenvalue weighted by atomic mass is 10.1. The maximum Gasteiger partial charge on any atom is 0.373 e. The van der Waals surface area contributed by atoms with Crippen molar-refractivity contribution in [2.75, 3.05) is 6.54 Å². The van der Waals surface area contributed by atoms with E-state index in [2.05, 4.69) is 5.32 Å². The van der Waals surface area contributed by atoms with E-state index < -0.39 is 0 Å². The third kappa shape index (κ3) is 14.8. The smallest absolute Gasteiger partial charge is 0.348 e. The Labute approximate surface area is 119 Å². The lowest BCUT2D eigenvalue weighted by Gasteiger charge is -2.14. The van der Waals surface area contributed by atoms with E-state index in [0.717, 1.165) is 0 Å². The van der Waals surface area contributed by atoms with Crippen LogP contribution in [0, 0.1) is 5.92 Å². The van der Waals surface area contributed by atoms with Crippen molar-refractivity contribution in [3.63, 3.8) is 0 Å². The summed E-state index contributed by atoms with van der Waals surface area (Å²) in [5.74, 6) is 0.00570. The van der Waals surface area contributed by atoms with E-state index in [1.165, 1.54) is 0 Å². The highest BCUT2D eigenvalue weighted by molar-refractivity contribution is 8.01. The fourth-order valence-electron chi connectivity index (χ4n) is 0.992. The van der Waals surface area contributed by atoms with Crippen LogP contribution < -0.4 is 5.32 Å². The molecule has 0 bridgehead atoms. The van der Waals surface area contributed by atoms with Crippen LogP contribution in [0.4, 0.5) is 0 Å². The van der Waals surface area contributed by atoms with Crippen molar-refractivity contribution in [2.45, 2.75) is 52.5 Å². The summed E-state index contributed by atoms with van der Waals surface area (Å²) < 4.78 is 0. The zero-order valence-electron chi connectivity index (χ0n) is 11.5. The molecule has 0 radical (unpaired) electrons. The van der Waals surface area contributed by atoms with Gasteiger partial charge in [0.1, 0.15) is 0 Å². The van der Waals surface area contributed by atoms with Crippen molar-refractivity contribution >= 4 is 29.6 Å². The van der Waals surface area contributed by atoms with E-state index in [1.54, 1.807) is 11.8 Å². The van der Waals surface area contributed by atoms with Gasteiger partial charge in [0.25, 0.3) is 0 Å². The molecule has 0 aromatic rings. The summed E-state index contributed by atoms with van der Waals surface area (Å²) in [4.78, 5) is 39.0. The molecule has 0 heterocycles. The second kappa shape index (κ2) is 13.3. The molecule has 19 heavy (non-hydrogen) atoms. The zero-order chi connectivity index (χ0) is 14.7. The lowest BCUT2D eigenvalue weighted by molar-refractivity contribution is -0.191. The Morgan fingerprint density at radius 2 is 1.53 bits per heavy atom. The van der Waals surface area contributed by atoms with Gasteiger partial charge < -0.3 is 5.32 Å². The van der Waals surface area contributed by atoms with Crippen molar-refractivity contribution < 1.29 is 19.2 Å². The Morgan fingerprint density at radius 1 is 1.11 bits per heavy atom. The van der Waals surface area contributed by atoms with Crippen LogP contribution in [-0.4, -0.2) is 34.9 Å². The molecule has 0 aromatic carbocycles. The molecule has 6 heteroatoms. The minimum atomic E-state index is -0.0926.